The highest BCUT2D eigenvalue weighted by molar-refractivity contribution is 7.89. The van der Waals surface area contributed by atoms with Gasteiger partial charge in [-0.25, -0.2) is 8.42 Å². The van der Waals surface area contributed by atoms with Crippen molar-refractivity contribution >= 4 is 33.1 Å². The topological polar surface area (TPSA) is 102 Å². The molecule has 1 amide bonds. The molecule has 2 aliphatic rings. The first-order chi connectivity index (χ1) is 20.5. The average Bonchev–Trinajstić information content (AvgIpc) is 3.62. The fraction of sp³-hybridized carbons (Fsp3) is 0.625. The number of hydrogen-bond acceptors (Lipinski definition) is 8. The van der Waals surface area contributed by atoms with Crippen molar-refractivity contribution in [3.8, 4) is 11.5 Å². The molecule has 2 aromatic rings. The van der Waals surface area contributed by atoms with E-state index < -0.39 is 15.4 Å². The Labute approximate surface area is 260 Å². The third-order valence-electron chi connectivity index (χ3n) is 9.57. The number of ketones is 1. The van der Waals surface area contributed by atoms with Gasteiger partial charge >= 0.3 is 0 Å². The molecule has 9 nitrogen and oxygen atoms in total. The van der Waals surface area contributed by atoms with Crippen molar-refractivity contribution in [1.29, 1.82) is 0 Å². The van der Waals surface area contributed by atoms with Crippen LogP contribution in [0, 0.1) is 16.7 Å². The molecule has 0 spiro atoms. The smallest absolute Gasteiger partial charge is 0.238 e. The van der Waals surface area contributed by atoms with Crippen molar-refractivity contribution in [3.05, 3.63) is 46.2 Å². The minimum absolute atomic E-state index is 0.0483. The summed E-state index contributed by atoms with van der Waals surface area (Å²) < 4.78 is 45.8. The normalized spacial score (nSPS) is 21.0. The van der Waals surface area contributed by atoms with E-state index in [0.29, 0.717) is 63.5 Å². The van der Waals surface area contributed by atoms with Crippen LogP contribution < -0.4 is 9.47 Å². The SMILES string of the molecule is CCOCCCN(CC(=O)N(CCc1ccc(OC)c(OC)c1)Cc1cccs1)S(=O)(=O)CC12CCC(CC1=O)C2(C)C. The first-order valence-electron chi connectivity index (χ1n) is 15.1. The highest BCUT2D eigenvalue weighted by Crippen LogP contribution is 2.64. The summed E-state index contributed by atoms with van der Waals surface area (Å²) in [5, 5.41) is 1.96. The van der Waals surface area contributed by atoms with Gasteiger partial charge < -0.3 is 19.1 Å². The van der Waals surface area contributed by atoms with Crippen LogP contribution >= 0.6 is 11.3 Å². The van der Waals surface area contributed by atoms with Crippen molar-refractivity contribution < 1.29 is 32.2 Å². The fourth-order valence-electron chi connectivity index (χ4n) is 6.75. The first kappa shape index (κ1) is 33.4. The van der Waals surface area contributed by atoms with Crippen LogP contribution in [-0.2, 0) is 37.3 Å². The first-order valence-corrected chi connectivity index (χ1v) is 17.6. The van der Waals surface area contributed by atoms with Crippen molar-refractivity contribution in [3.63, 3.8) is 0 Å². The molecule has 2 atom stereocenters. The number of carbonyl (C=O) groups is 2. The fourth-order valence-corrected chi connectivity index (χ4v) is 9.66. The maximum absolute atomic E-state index is 14.1. The van der Waals surface area contributed by atoms with Gasteiger partial charge in [0.25, 0.3) is 0 Å². The van der Waals surface area contributed by atoms with E-state index in [1.54, 1.807) is 30.5 Å². The number of ether oxygens (including phenoxy) is 3. The predicted molar refractivity (Wildman–Crippen MR) is 168 cm³/mol. The van der Waals surface area contributed by atoms with Crippen molar-refractivity contribution in [1.82, 2.24) is 9.21 Å². The summed E-state index contributed by atoms with van der Waals surface area (Å²) in [4.78, 5) is 29.9. The Morgan fingerprint density at radius 3 is 2.49 bits per heavy atom. The maximum Gasteiger partial charge on any atom is 0.238 e. The molecule has 0 radical (unpaired) electrons. The van der Waals surface area contributed by atoms with Crippen LogP contribution in [0.25, 0.3) is 0 Å². The third-order valence-corrected chi connectivity index (χ3v) is 12.4. The Morgan fingerprint density at radius 1 is 1.12 bits per heavy atom. The highest BCUT2D eigenvalue weighted by atomic mass is 32.2. The number of fused-ring (bicyclic) bond motifs is 2. The van der Waals surface area contributed by atoms with E-state index in [1.165, 1.54) is 4.31 Å². The van der Waals surface area contributed by atoms with Gasteiger partial charge in [0.1, 0.15) is 5.78 Å². The number of methoxy groups -OCH3 is 2. The zero-order chi connectivity index (χ0) is 31.3. The van der Waals surface area contributed by atoms with Gasteiger partial charge in [0.05, 0.1) is 33.1 Å². The average molecular weight is 635 g/mol. The second-order valence-electron chi connectivity index (χ2n) is 12.1. The van der Waals surface area contributed by atoms with Crippen LogP contribution in [0.4, 0.5) is 0 Å². The number of amides is 1. The Bertz CT molecular complexity index is 1360. The van der Waals surface area contributed by atoms with Gasteiger partial charge in [-0.05, 0) is 73.1 Å². The summed E-state index contributed by atoms with van der Waals surface area (Å²) in [7, 11) is -0.765. The predicted octanol–water partition coefficient (Wildman–Crippen LogP) is 4.79. The second kappa shape index (κ2) is 14.1. The maximum atomic E-state index is 14.1. The van der Waals surface area contributed by atoms with Gasteiger partial charge in [-0.3, -0.25) is 9.59 Å². The Balaban J connectivity index is 1.55. The molecule has 2 aliphatic carbocycles. The molecular formula is C32H46N2O7S2. The summed E-state index contributed by atoms with van der Waals surface area (Å²) in [6.45, 7) is 7.55. The van der Waals surface area contributed by atoms with Crippen molar-refractivity contribution in [2.24, 2.45) is 16.7 Å². The van der Waals surface area contributed by atoms with Crippen LogP contribution in [0.2, 0.25) is 0 Å². The van der Waals surface area contributed by atoms with Gasteiger partial charge in [0.2, 0.25) is 15.9 Å². The molecule has 2 fully saturated rings. The number of sulfonamides is 1. The third kappa shape index (κ3) is 7.27. The Morgan fingerprint density at radius 2 is 1.88 bits per heavy atom. The van der Waals surface area contributed by atoms with E-state index in [1.807, 2.05) is 56.5 Å². The quantitative estimate of drug-likeness (QED) is 0.231. The number of hydrogen-bond donors (Lipinski definition) is 0. The number of rotatable bonds is 17. The lowest BCUT2D eigenvalue weighted by atomic mass is 9.70. The molecule has 1 aromatic carbocycles. The Hall–Kier alpha value is -2.47. The molecule has 2 bridgehead atoms. The van der Waals surface area contributed by atoms with Crippen molar-refractivity contribution in [2.75, 3.05) is 52.8 Å². The van der Waals surface area contributed by atoms with E-state index in [4.69, 9.17) is 14.2 Å². The number of nitrogens with zero attached hydrogens (tertiary/aromatic N) is 2. The van der Waals surface area contributed by atoms with Gasteiger partial charge in [-0.15, -0.1) is 11.3 Å². The van der Waals surface area contributed by atoms with Crippen LogP contribution in [0.1, 0.15) is 56.9 Å². The number of Topliss-reactive ketones (excluding diaryl/α,β-unsaturated/α-hetero) is 1. The lowest BCUT2D eigenvalue weighted by Gasteiger charge is -2.38. The van der Waals surface area contributed by atoms with Gasteiger partial charge in [-0.2, -0.15) is 4.31 Å². The van der Waals surface area contributed by atoms with E-state index in [2.05, 4.69) is 0 Å². The minimum atomic E-state index is -3.93. The summed E-state index contributed by atoms with van der Waals surface area (Å²) in [6, 6.07) is 9.59. The van der Waals surface area contributed by atoms with E-state index in [-0.39, 0.29) is 41.9 Å². The monoisotopic (exact) mass is 634 g/mol. The zero-order valence-electron chi connectivity index (χ0n) is 26.1. The number of thiophene rings is 1. The molecule has 0 aliphatic heterocycles. The minimum Gasteiger partial charge on any atom is -0.493 e. The van der Waals surface area contributed by atoms with E-state index in [0.717, 1.165) is 16.9 Å². The van der Waals surface area contributed by atoms with Crippen LogP contribution in [0.3, 0.4) is 0 Å². The number of carbonyl (C=O) groups excluding carboxylic acids is 2. The summed E-state index contributed by atoms with van der Waals surface area (Å²) >= 11 is 1.56. The number of benzene rings is 1. The Kier molecular flexibility index (Phi) is 11.0. The van der Waals surface area contributed by atoms with Crippen LogP contribution in [0.5, 0.6) is 11.5 Å². The summed E-state index contributed by atoms with van der Waals surface area (Å²) in [6.07, 6.45) is 2.91. The van der Waals surface area contributed by atoms with Gasteiger partial charge in [-0.1, -0.05) is 26.0 Å². The molecule has 2 unspecified atom stereocenters. The lowest BCUT2D eigenvalue weighted by Crippen LogP contribution is -2.49. The molecule has 1 heterocycles. The molecular weight excluding hydrogens is 588 g/mol. The van der Waals surface area contributed by atoms with Gasteiger partial charge in [0, 0.05) is 43.0 Å². The van der Waals surface area contributed by atoms with Crippen LogP contribution in [-0.4, -0.2) is 82.1 Å². The lowest BCUT2D eigenvalue weighted by molar-refractivity contribution is -0.132. The molecule has 0 saturated heterocycles. The summed E-state index contributed by atoms with van der Waals surface area (Å²) in [5.41, 5.74) is -0.315. The molecule has 4 rings (SSSR count). The standard InChI is InChI=1S/C32H46N2O7S2/c1-6-41-17-8-15-34(43(37,38)23-32-14-12-25(20-29(32)35)31(32,2)3)22-30(36)33(21-26-9-7-18-42-26)16-13-24-10-11-27(39-4)28(19-24)40-5/h7,9-11,18-19,25H,6,8,12-17,20-23H2,1-5H3. The largest absolute Gasteiger partial charge is 0.493 e. The molecule has 43 heavy (non-hydrogen) atoms. The zero-order valence-corrected chi connectivity index (χ0v) is 27.7. The molecule has 238 valence electrons. The van der Waals surface area contributed by atoms with Crippen LogP contribution in [0.15, 0.2) is 35.7 Å². The molecule has 2 saturated carbocycles. The summed E-state index contributed by atoms with van der Waals surface area (Å²) in [5.74, 6) is 0.977. The van der Waals surface area contributed by atoms with Crippen molar-refractivity contribution in [2.45, 2.75) is 59.4 Å². The van der Waals surface area contributed by atoms with E-state index in [9.17, 15) is 18.0 Å². The van der Waals surface area contributed by atoms with E-state index >= 15 is 0 Å². The molecule has 11 heteroatoms. The molecule has 0 N–H and O–H groups in total. The van der Waals surface area contributed by atoms with Gasteiger partial charge in [0.15, 0.2) is 11.5 Å². The highest BCUT2D eigenvalue weighted by Gasteiger charge is 2.65. The molecule has 1 aromatic heterocycles. The second-order valence-corrected chi connectivity index (χ2v) is 15.1.